The van der Waals surface area contributed by atoms with Gasteiger partial charge in [-0.1, -0.05) is 22.4 Å². The van der Waals surface area contributed by atoms with Crippen molar-refractivity contribution in [2.75, 3.05) is 5.33 Å². The van der Waals surface area contributed by atoms with Crippen molar-refractivity contribution in [3.63, 3.8) is 0 Å². The van der Waals surface area contributed by atoms with E-state index in [2.05, 4.69) is 35.1 Å². The van der Waals surface area contributed by atoms with Crippen LogP contribution in [0.15, 0.2) is 0 Å². The summed E-state index contributed by atoms with van der Waals surface area (Å²) < 4.78 is 0. The molecule has 2 nitrogen and oxygen atoms in total. The molecule has 1 amide bonds. The summed E-state index contributed by atoms with van der Waals surface area (Å²) in [7, 11) is 0. The van der Waals surface area contributed by atoms with Crippen molar-refractivity contribution in [3.8, 4) is 0 Å². The number of amides is 1. The highest BCUT2D eigenvalue weighted by Crippen LogP contribution is 2.35. The Kier molecular flexibility index (Phi) is 3.16. The lowest BCUT2D eigenvalue weighted by Crippen LogP contribution is -2.51. The number of nitrogens with one attached hydrogen (secondary N) is 1. The first-order valence-electron chi connectivity index (χ1n) is 4.43. The van der Waals surface area contributed by atoms with Crippen molar-refractivity contribution in [2.24, 2.45) is 5.92 Å². The fourth-order valence-electron chi connectivity index (χ4n) is 1.62. The third-order valence-electron chi connectivity index (χ3n) is 2.71. The van der Waals surface area contributed by atoms with Gasteiger partial charge in [-0.2, -0.15) is 0 Å². The lowest BCUT2D eigenvalue weighted by Gasteiger charge is -2.40. The van der Waals surface area contributed by atoms with Gasteiger partial charge in [-0.05, 0) is 32.6 Å². The predicted octanol–water partition coefficient (Wildman–Crippen LogP) is 2.08. The predicted molar refractivity (Wildman–Crippen MR) is 53.4 cm³/mol. The second kappa shape index (κ2) is 3.77. The second-order valence-corrected chi connectivity index (χ2v) is 4.59. The lowest BCUT2D eigenvalue weighted by atomic mass is 9.72. The van der Waals surface area contributed by atoms with Gasteiger partial charge in [0.15, 0.2) is 0 Å². The first kappa shape index (κ1) is 10.0. The van der Waals surface area contributed by atoms with Crippen molar-refractivity contribution in [2.45, 2.75) is 38.6 Å². The fraction of sp³-hybridized carbons (Fsp3) is 0.889. The molecule has 0 aromatic rings. The standard InChI is InChI=1S/C9H16BrNO/c1-9(2,7-4-3-5-7)11-8(12)6-10/h7H,3-6H2,1-2H3,(H,11,12). The molecule has 0 atom stereocenters. The van der Waals surface area contributed by atoms with Gasteiger partial charge in [0.1, 0.15) is 0 Å². The molecule has 0 radical (unpaired) electrons. The molecule has 0 bridgehead atoms. The van der Waals surface area contributed by atoms with Gasteiger partial charge in [0.25, 0.3) is 0 Å². The fourth-order valence-corrected chi connectivity index (χ4v) is 1.76. The Morgan fingerprint density at radius 3 is 2.50 bits per heavy atom. The molecule has 0 saturated heterocycles. The first-order valence-corrected chi connectivity index (χ1v) is 5.55. The van der Waals surface area contributed by atoms with Crippen LogP contribution in [0, 0.1) is 5.92 Å². The number of alkyl halides is 1. The van der Waals surface area contributed by atoms with Gasteiger partial charge in [-0.3, -0.25) is 4.79 Å². The number of rotatable bonds is 3. The van der Waals surface area contributed by atoms with Crippen LogP contribution in [0.5, 0.6) is 0 Å². The first-order chi connectivity index (χ1) is 5.56. The van der Waals surface area contributed by atoms with Gasteiger partial charge < -0.3 is 5.32 Å². The largest absolute Gasteiger partial charge is 0.350 e. The minimum Gasteiger partial charge on any atom is -0.350 e. The molecular formula is C9H16BrNO. The van der Waals surface area contributed by atoms with E-state index in [-0.39, 0.29) is 11.4 Å². The van der Waals surface area contributed by atoms with Gasteiger partial charge in [0, 0.05) is 5.54 Å². The molecule has 0 aliphatic heterocycles. The molecule has 1 rings (SSSR count). The minimum atomic E-state index is -0.0108. The van der Waals surface area contributed by atoms with E-state index in [1.165, 1.54) is 19.3 Å². The maximum atomic E-state index is 11.1. The minimum absolute atomic E-state index is 0.0108. The van der Waals surface area contributed by atoms with E-state index >= 15 is 0 Å². The molecule has 0 aromatic carbocycles. The molecule has 0 heterocycles. The Hall–Kier alpha value is -0.0500. The zero-order valence-electron chi connectivity index (χ0n) is 7.69. The van der Waals surface area contributed by atoms with Crippen LogP contribution in [0.25, 0.3) is 0 Å². The van der Waals surface area contributed by atoms with E-state index in [0.29, 0.717) is 11.2 Å². The SMILES string of the molecule is CC(C)(NC(=O)CBr)C1CCC1. The van der Waals surface area contributed by atoms with E-state index in [1.54, 1.807) is 0 Å². The van der Waals surface area contributed by atoms with Crippen molar-refractivity contribution < 1.29 is 4.79 Å². The highest BCUT2D eigenvalue weighted by atomic mass is 79.9. The van der Waals surface area contributed by atoms with Gasteiger partial charge >= 0.3 is 0 Å². The maximum Gasteiger partial charge on any atom is 0.231 e. The van der Waals surface area contributed by atoms with E-state index in [4.69, 9.17) is 0 Å². The molecule has 0 aromatic heterocycles. The highest BCUT2D eigenvalue weighted by molar-refractivity contribution is 9.09. The van der Waals surface area contributed by atoms with Crippen LogP contribution in [0.4, 0.5) is 0 Å². The molecule has 1 saturated carbocycles. The average Bonchev–Trinajstić information content (AvgIpc) is 1.80. The smallest absolute Gasteiger partial charge is 0.231 e. The summed E-state index contributed by atoms with van der Waals surface area (Å²) in [6.07, 6.45) is 3.84. The quantitative estimate of drug-likeness (QED) is 0.744. The van der Waals surface area contributed by atoms with E-state index in [9.17, 15) is 4.79 Å². The van der Waals surface area contributed by atoms with E-state index < -0.39 is 0 Å². The summed E-state index contributed by atoms with van der Waals surface area (Å²) in [5, 5.41) is 3.43. The summed E-state index contributed by atoms with van der Waals surface area (Å²) in [6.45, 7) is 4.22. The van der Waals surface area contributed by atoms with Crippen LogP contribution in [-0.4, -0.2) is 16.8 Å². The molecule has 0 spiro atoms. The topological polar surface area (TPSA) is 29.1 Å². The maximum absolute atomic E-state index is 11.1. The van der Waals surface area contributed by atoms with Crippen LogP contribution in [0.1, 0.15) is 33.1 Å². The van der Waals surface area contributed by atoms with Crippen LogP contribution in [0.2, 0.25) is 0 Å². The Morgan fingerprint density at radius 2 is 2.17 bits per heavy atom. The van der Waals surface area contributed by atoms with Crippen molar-refractivity contribution in [1.29, 1.82) is 0 Å². The highest BCUT2D eigenvalue weighted by Gasteiger charge is 2.34. The van der Waals surface area contributed by atoms with Crippen LogP contribution in [-0.2, 0) is 4.79 Å². The third kappa shape index (κ3) is 2.22. The summed E-state index contributed by atoms with van der Waals surface area (Å²) in [5.74, 6) is 0.771. The Morgan fingerprint density at radius 1 is 1.58 bits per heavy atom. The Bertz CT molecular complexity index is 175. The van der Waals surface area contributed by atoms with Crippen molar-refractivity contribution >= 4 is 21.8 Å². The van der Waals surface area contributed by atoms with Gasteiger partial charge in [0.05, 0.1) is 5.33 Å². The molecule has 1 N–H and O–H groups in total. The zero-order valence-corrected chi connectivity index (χ0v) is 9.28. The average molecular weight is 234 g/mol. The summed E-state index contributed by atoms with van der Waals surface area (Å²) in [6, 6.07) is 0. The second-order valence-electron chi connectivity index (χ2n) is 4.03. The monoisotopic (exact) mass is 233 g/mol. The van der Waals surface area contributed by atoms with Crippen LogP contribution < -0.4 is 5.32 Å². The van der Waals surface area contributed by atoms with Crippen molar-refractivity contribution in [1.82, 2.24) is 5.32 Å². The number of carbonyl (C=O) groups is 1. The summed E-state index contributed by atoms with van der Waals surface area (Å²) in [4.78, 5) is 11.1. The number of halogens is 1. The number of hydrogen-bond donors (Lipinski definition) is 1. The zero-order chi connectivity index (χ0) is 9.19. The van der Waals surface area contributed by atoms with Crippen LogP contribution in [0.3, 0.4) is 0 Å². The number of carbonyl (C=O) groups excluding carboxylic acids is 1. The summed E-state index contributed by atoms with van der Waals surface area (Å²) >= 11 is 3.14. The van der Waals surface area contributed by atoms with E-state index in [1.807, 2.05) is 0 Å². The molecule has 12 heavy (non-hydrogen) atoms. The van der Waals surface area contributed by atoms with E-state index in [0.717, 1.165) is 0 Å². The molecule has 3 heteroatoms. The molecule has 70 valence electrons. The molecule has 1 aliphatic rings. The van der Waals surface area contributed by atoms with Gasteiger partial charge in [-0.15, -0.1) is 0 Å². The third-order valence-corrected chi connectivity index (χ3v) is 3.22. The lowest BCUT2D eigenvalue weighted by molar-refractivity contribution is -0.121. The van der Waals surface area contributed by atoms with Gasteiger partial charge in [0.2, 0.25) is 5.91 Å². The molecule has 0 unspecified atom stereocenters. The summed E-state index contributed by atoms with van der Waals surface area (Å²) in [5.41, 5.74) is -0.0108. The number of hydrogen-bond acceptors (Lipinski definition) is 1. The van der Waals surface area contributed by atoms with Gasteiger partial charge in [-0.25, -0.2) is 0 Å². The van der Waals surface area contributed by atoms with Crippen molar-refractivity contribution in [3.05, 3.63) is 0 Å². The Balaban J connectivity index is 2.41. The molecule has 1 fully saturated rings. The normalized spacial score (nSPS) is 18.6. The molecular weight excluding hydrogens is 218 g/mol. The van der Waals surface area contributed by atoms with Crippen LogP contribution >= 0.6 is 15.9 Å². The Labute approximate surface area is 82.2 Å². The molecule has 1 aliphatic carbocycles.